The lowest BCUT2D eigenvalue weighted by atomic mass is 9.73. The van der Waals surface area contributed by atoms with Crippen molar-refractivity contribution in [2.75, 3.05) is 5.88 Å². The van der Waals surface area contributed by atoms with Gasteiger partial charge in [0.1, 0.15) is 0 Å². The molecule has 0 saturated heterocycles. The summed E-state index contributed by atoms with van der Waals surface area (Å²) < 4.78 is 0. The Morgan fingerprint density at radius 1 is 1.16 bits per heavy atom. The lowest BCUT2D eigenvalue weighted by Crippen LogP contribution is -2.56. The fourth-order valence-electron chi connectivity index (χ4n) is 3.56. The molecule has 2 aliphatic rings. The molecule has 19 heavy (non-hydrogen) atoms. The van der Waals surface area contributed by atoms with E-state index in [1.54, 1.807) is 0 Å². The van der Waals surface area contributed by atoms with Crippen molar-refractivity contribution in [1.82, 2.24) is 5.32 Å². The largest absolute Gasteiger partial charge is 0.349 e. The topological polar surface area (TPSA) is 29.1 Å². The number of hydrogen-bond donors (Lipinski definition) is 1. The van der Waals surface area contributed by atoms with E-state index in [1.807, 2.05) is 0 Å². The van der Waals surface area contributed by atoms with E-state index in [-0.39, 0.29) is 16.9 Å². The van der Waals surface area contributed by atoms with Gasteiger partial charge in [0.05, 0.1) is 5.54 Å². The summed E-state index contributed by atoms with van der Waals surface area (Å²) in [5.41, 5.74) is -0.286. The quantitative estimate of drug-likeness (QED) is 0.771. The molecule has 2 saturated carbocycles. The Hall–Kier alpha value is -0.240. The van der Waals surface area contributed by atoms with E-state index >= 15 is 0 Å². The van der Waals surface area contributed by atoms with Crippen molar-refractivity contribution in [3.63, 3.8) is 0 Å². The number of amides is 1. The summed E-state index contributed by atoms with van der Waals surface area (Å²) in [6.45, 7) is 4.43. The Balaban J connectivity index is 1.99. The first-order valence-corrected chi connectivity index (χ1v) is 8.42. The van der Waals surface area contributed by atoms with Gasteiger partial charge in [0.15, 0.2) is 0 Å². The number of rotatable bonds is 3. The van der Waals surface area contributed by atoms with Crippen LogP contribution in [-0.2, 0) is 4.79 Å². The summed E-state index contributed by atoms with van der Waals surface area (Å²) >= 11 is 6.20. The van der Waals surface area contributed by atoms with Crippen LogP contribution in [0.3, 0.4) is 0 Å². The molecule has 2 nitrogen and oxygen atoms in total. The number of alkyl halides is 1. The molecule has 1 N–H and O–H groups in total. The molecule has 0 bridgehead atoms. The van der Waals surface area contributed by atoms with Crippen molar-refractivity contribution in [2.24, 2.45) is 11.3 Å². The summed E-state index contributed by atoms with van der Waals surface area (Å²) in [5.74, 6) is 1.59. The summed E-state index contributed by atoms with van der Waals surface area (Å²) in [6.07, 6.45) is 10.2. The molecule has 2 rings (SSSR count). The lowest BCUT2D eigenvalue weighted by molar-refractivity contribution is -0.134. The Morgan fingerprint density at radius 3 is 2.26 bits per heavy atom. The predicted molar refractivity (Wildman–Crippen MR) is 80.4 cm³/mol. The maximum atomic E-state index is 12.7. The van der Waals surface area contributed by atoms with E-state index < -0.39 is 0 Å². The van der Waals surface area contributed by atoms with Gasteiger partial charge in [-0.25, -0.2) is 0 Å². The number of carbonyl (C=O) groups is 1. The van der Waals surface area contributed by atoms with E-state index in [1.165, 1.54) is 32.1 Å². The van der Waals surface area contributed by atoms with E-state index in [4.69, 9.17) is 11.6 Å². The highest BCUT2D eigenvalue weighted by molar-refractivity contribution is 6.18. The Kier molecular flexibility index (Phi) is 4.81. The third-order valence-corrected chi connectivity index (χ3v) is 5.88. The van der Waals surface area contributed by atoms with Gasteiger partial charge in [0, 0.05) is 11.3 Å². The fourth-order valence-corrected chi connectivity index (χ4v) is 3.89. The molecule has 0 aromatic heterocycles. The Morgan fingerprint density at radius 2 is 1.74 bits per heavy atom. The second kappa shape index (κ2) is 6.03. The summed E-state index contributed by atoms with van der Waals surface area (Å²) in [7, 11) is 0. The molecule has 0 atom stereocenters. The highest BCUT2D eigenvalue weighted by Gasteiger charge is 2.41. The molecule has 0 aromatic rings. The highest BCUT2D eigenvalue weighted by Crippen LogP contribution is 2.38. The Bertz CT molecular complexity index is 315. The standard InChI is InChI=1S/C16H28ClNO/c1-13-6-10-16(12-17,11-7-13)18-14(19)15(2)8-4-3-5-9-15/h13H,3-12H2,1-2H3,(H,18,19). The zero-order chi connectivity index (χ0) is 13.9. The van der Waals surface area contributed by atoms with E-state index in [0.717, 1.165) is 31.6 Å². The van der Waals surface area contributed by atoms with Gasteiger partial charge < -0.3 is 5.32 Å². The van der Waals surface area contributed by atoms with Crippen LogP contribution in [-0.4, -0.2) is 17.3 Å². The van der Waals surface area contributed by atoms with Crippen LogP contribution >= 0.6 is 11.6 Å². The van der Waals surface area contributed by atoms with Crippen LogP contribution < -0.4 is 5.32 Å². The van der Waals surface area contributed by atoms with Crippen LogP contribution in [0.2, 0.25) is 0 Å². The monoisotopic (exact) mass is 285 g/mol. The van der Waals surface area contributed by atoms with Gasteiger partial charge in [-0.3, -0.25) is 4.79 Å². The number of hydrogen-bond acceptors (Lipinski definition) is 1. The van der Waals surface area contributed by atoms with Crippen molar-refractivity contribution < 1.29 is 4.79 Å². The second-order valence-electron chi connectivity index (χ2n) is 7.17. The van der Waals surface area contributed by atoms with Crippen molar-refractivity contribution in [3.05, 3.63) is 0 Å². The van der Waals surface area contributed by atoms with Gasteiger partial charge in [-0.05, 0) is 44.4 Å². The third kappa shape index (κ3) is 3.45. The zero-order valence-electron chi connectivity index (χ0n) is 12.4. The number of halogens is 1. The van der Waals surface area contributed by atoms with Crippen LogP contribution in [0, 0.1) is 11.3 Å². The van der Waals surface area contributed by atoms with Crippen molar-refractivity contribution >= 4 is 17.5 Å². The summed E-state index contributed by atoms with van der Waals surface area (Å²) in [4.78, 5) is 12.7. The van der Waals surface area contributed by atoms with Crippen LogP contribution in [0.4, 0.5) is 0 Å². The molecule has 0 aliphatic heterocycles. The second-order valence-corrected chi connectivity index (χ2v) is 7.44. The molecule has 110 valence electrons. The molecule has 0 aromatic carbocycles. The summed E-state index contributed by atoms with van der Waals surface area (Å²) in [5, 5.41) is 3.34. The van der Waals surface area contributed by atoms with Gasteiger partial charge in [0.2, 0.25) is 5.91 Å². The van der Waals surface area contributed by atoms with Gasteiger partial charge in [-0.1, -0.05) is 33.1 Å². The molecular weight excluding hydrogens is 258 g/mol. The van der Waals surface area contributed by atoms with Gasteiger partial charge in [-0.2, -0.15) is 0 Å². The van der Waals surface area contributed by atoms with Crippen LogP contribution in [0.5, 0.6) is 0 Å². The molecule has 0 radical (unpaired) electrons. The molecule has 3 heteroatoms. The highest BCUT2D eigenvalue weighted by atomic mass is 35.5. The number of nitrogens with one attached hydrogen (secondary N) is 1. The molecule has 2 aliphatic carbocycles. The van der Waals surface area contributed by atoms with Gasteiger partial charge in [-0.15, -0.1) is 11.6 Å². The van der Waals surface area contributed by atoms with Crippen LogP contribution in [0.15, 0.2) is 0 Å². The average Bonchev–Trinajstić information content (AvgIpc) is 2.42. The molecule has 2 fully saturated rings. The molecular formula is C16H28ClNO. The van der Waals surface area contributed by atoms with Gasteiger partial charge in [0.25, 0.3) is 0 Å². The minimum atomic E-state index is -0.152. The first kappa shape index (κ1) is 15.2. The predicted octanol–water partition coefficient (Wildman–Crippen LogP) is 4.26. The zero-order valence-corrected chi connectivity index (χ0v) is 13.2. The first-order valence-electron chi connectivity index (χ1n) is 7.88. The SMILES string of the molecule is CC1CCC(CCl)(NC(=O)C2(C)CCCCC2)CC1. The first-order chi connectivity index (χ1) is 9.00. The Labute approximate surface area is 122 Å². The minimum absolute atomic E-state index is 0.133. The van der Waals surface area contributed by atoms with Crippen molar-refractivity contribution in [3.8, 4) is 0 Å². The van der Waals surface area contributed by atoms with Crippen LogP contribution in [0.25, 0.3) is 0 Å². The van der Waals surface area contributed by atoms with E-state index in [2.05, 4.69) is 19.2 Å². The fraction of sp³-hybridized carbons (Fsp3) is 0.938. The molecule has 0 spiro atoms. The smallest absolute Gasteiger partial charge is 0.226 e. The summed E-state index contributed by atoms with van der Waals surface area (Å²) in [6, 6.07) is 0. The van der Waals surface area contributed by atoms with Crippen molar-refractivity contribution in [1.29, 1.82) is 0 Å². The molecule has 1 amide bonds. The maximum Gasteiger partial charge on any atom is 0.226 e. The van der Waals surface area contributed by atoms with Gasteiger partial charge >= 0.3 is 0 Å². The maximum absolute atomic E-state index is 12.7. The van der Waals surface area contributed by atoms with E-state index in [0.29, 0.717) is 5.88 Å². The van der Waals surface area contributed by atoms with E-state index in [9.17, 15) is 4.79 Å². The lowest BCUT2D eigenvalue weighted by Gasteiger charge is -2.42. The van der Waals surface area contributed by atoms with Crippen molar-refractivity contribution in [2.45, 2.75) is 77.2 Å². The molecule has 0 heterocycles. The average molecular weight is 286 g/mol. The molecule has 0 unspecified atom stereocenters. The normalized spacial score (nSPS) is 34.8. The third-order valence-electron chi connectivity index (χ3n) is 5.37. The minimum Gasteiger partial charge on any atom is -0.349 e. The number of carbonyl (C=O) groups excluding carboxylic acids is 1. The van der Waals surface area contributed by atoms with Crippen LogP contribution in [0.1, 0.15) is 71.6 Å².